The summed E-state index contributed by atoms with van der Waals surface area (Å²) in [5.74, 6) is 0.703. The molecule has 3 nitrogen and oxygen atoms in total. The van der Waals surface area contributed by atoms with Crippen molar-refractivity contribution in [3.05, 3.63) is 163 Å². The van der Waals surface area contributed by atoms with Crippen LogP contribution in [0.4, 0.5) is 0 Å². The Morgan fingerprint density at radius 1 is 0.408 bits per heavy atom. The van der Waals surface area contributed by atoms with E-state index in [0.29, 0.717) is 5.82 Å². The summed E-state index contributed by atoms with van der Waals surface area (Å²) >= 11 is 0. The van der Waals surface area contributed by atoms with Gasteiger partial charge in [0, 0.05) is 24.2 Å². The largest absolute Gasteiger partial charge is 0.257 e. The molecule has 0 spiro atoms. The van der Waals surface area contributed by atoms with E-state index >= 15 is 0 Å². The van der Waals surface area contributed by atoms with Gasteiger partial charge in [0.05, 0.1) is 5.71 Å². The molecule has 1 aromatic heterocycles. The van der Waals surface area contributed by atoms with Crippen molar-refractivity contribution in [1.29, 1.82) is 0 Å². The summed E-state index contributed by atoms with van der Waals surface area (Å²) in [6.45, 7) is 0. The summed E-state index contributed by atoms with van der Waals surface area (Å²) in [6, 6.07) is 48.6. The molecule has 0 aliphatic carbocycles. The second kappa shape index (κ2) is 11.2. The Bertz CT molecular complexity index is 2840. The monoisotopic (exact) mass is 625 g/mol. The lowest BCUT2D eigenvalue weighted by molar-refractivity contribution is 0.907. The summed E-state index contributed by atoms with van der Waals surface area (Å²) in [5.41, 5.74) is 5.60. The Morgan fingerprint density at radius 3 is 1.57 bits per heavy atom. The number of benzene rings is 8. The fraction of sp³-hybridized carbons (Fsp3) is 0.0652. The van der Waals surface area contributed by atoms with Gasteiger partial charge in [-0.1, -0.05) is 109 Å². The van der Waals surface area contributed by atoms with Gasteiger partial charge < -0.3 is 0 Å². The smallest absolute Gasteiger partial charge is 0.173 e. The van der Waals surface area contributed by atoms with Crippen molar-refractivity contribution in [1.82, 2.24) is 9.97 Å². The molecule has 10 rings (SSSR count). The van der Waals surface area contributed by atoms with Crippen LogP contribution in [-0.2, 0) is 0 Å². The first kappa shape index (κ1) is 27.9. The number of nitrogens with zero attached hydrogens (tertiary/aromatic N) is 3. The zero-order valence-corrected chi connectivity index (χ0v) is 26.9. The second-order valence-corrected chi connectivity index (χ2v) is 13.2. The molecule has 230 valence electrons. The first-order valence-electron chi connectivity index (χ1n) is 17.0. The van der Waals surface area contributed by atoms with Crippen LogP contribution < -0.4 is 0 Å². The Labute approximate surface area is 283 Å². The van der Waals surface area contributed by atoms with E-state index in [0.717, 1.165) is 36.1 Å². The van der Waals surface area contributed by atoms with Crippen LogP contribution in [-0.4, -0.2) is 15.7 Å². The maximum absolute atomic E-state index is 5.00. The molecular formula is C46H31N3. The zero-order valence-electron chi connectivity index (χ0n) is 26.9. The number of allylic oxidation sites excluding steroid dienone is 1. The second-order valence-electron chi connectivity index (χ2n) is 13.2. The van der Waals surface area contributed by atoms with Crippen molar-refractivity contribution >= 4 is 75.9 Å². The van der Waals surface area contributed by atoms with Gasteiger partial charge >= 0.3 is 0 Å². The number of hydrogen-bond acceptors (Lipinski definition) is 3. The van der Waals surface area contributed by atoms with Gasteiger partial charge in [0.1, 0.15) is 0 Å². The Morgan fingerprint density at radius 2 is 0.918 bits per heavy atom. The van der Waals surface area contributed by atoms with Crippen LogP contribution in [0.1, 0.15) is 30.7 Å². The summed E-state index contributed by atoms with van der Waals surface area (Å²) in [4.78, 5) is 14.7. The maximum Gasteiger partial charge on any atom is 0.173 e. The van der Waals surface area contributed by atoms with Gasteiger partial charge in [-0.05, 0) is 125 Å². The summed E-state index contributed by atoms with van der Waals surface area (Å²) < 4.78 is 0. The van der Waals surface area contributed by atoms with Crippen LogP contribution >= 0.6 is 0 Å². The molecule has 0 atom stereocenters. The molecule has 0 fully saturated rings. The van der Waals surface area contributed by atoms with Gasteiger partial charge in [0.15, 0.2) is 5.82 Å². The Kier molecular flexibility index (Phi) is 6.38. The lowest BCUT2D eigenvalue weighted by Gasteiger charge is -2.12. The van der Waals surface area contributed by atoms with E-state index in [4.69, 9.17) is 15.0 Å². The number of rotatable bonds is 3. The predicted octanol–water partition coefficient (Wildman–Crippen LogP) is 12.1. The number of fused-ring (bicyclic) bond motifs is 8. The third-order valence-corrected chi connectivity index (χ3v) is 10.3. The molecule has 0 radical (unpaired) electrons. The lowest BCUT2D eigenvalue weighted by atomic mass is 9.92. The minimum Gasteiger partial charge on any atom is -0.257 e. The molecule has 0 saturated heterocycles. The van der Waals surface area contributed by atoms with Crippen LogP contribution in [0.5, 0.6) is 0 Å². The van der Waals surface area contributed by atoms with Crippen molar-refractivity contribution < 1.29 is 0 Å². The zero-order chi connectivity index (χ0) is 32.3. The fourth-order valence-corrected chi connectivity index (χ4v) is 7.81. The highest BCUT2D eigenvalue weighted by molar-refractivity contribution is 6.15. The molecule has 49 heavy (non-hydrogen) atoms. The highest BCUT2D eigenvalue weighted by atomic mass is 14.9. The van der Waals surface area contributed by atoms with Gasteiger partial charge in [0.25, 0.3) is 0 Å². The third kappa shape index (κ3) is 4.69. The number of hydrogen-bond donors (Lipinski definition) is 0. The summed E-state index contributed by atoms with van der Waals surface area (Å²) in [7, 11) is 0. The molecule has 9 aromatic rings. The summed E-state index contributed by atoms with van der Waals surface area (Å²) in [5, 5.41) is 15.1. The lowest BCUT2D eigenvalue weighted by Crippen LogP contribution is -2.05. The molecular weight excluding hydrogens is 595 g/mol. The van der Waals surface area contributed by atoms with Gasteiger partial charge in [-0.25, -0.2) is 9.97 Å². The highest BCUT2D eigenvalue weighted by Gasteiger charge is 2.16. The minimum atomic E-state index is 0.703. The molecule has 0 unspecified atom stereocenters. The van der Waals surface area contributed by atoms with E-state index in [-0.39, 0.29) is 0 Å². The first-order valence-corrected chi connectivity index (χ1v) is 17.0. The van der Waals surface area contributed by atoms with Crippen LogP contribution in [0.25, 0.3) is 81.3 Å². The van der Waals surface area contributed by atoms with Crippen LogP contribution in [0, 0.1) is 0 Å². The highest BCUT2D eigenvalue weighted by Crippen LogP contribution is 2.36. The summed E-state index contributed by atoms with van der Waals surface area (Å²) in [6.07, 6.45) is 8.76. The van der Waals surface area contributed by atoms with Gasteiger partial charge in [0.2, 0.25) is 0 Å². The third-order valence-electron chi connectivity index (χ3n) is 10.3. The quantitative estimate of drug-likeness (QED) is 0.145. The average Bonchev–Trinajstić information content (AvgIpc) is 3.42. The molecule has 8 aromatic carbocycles. The van der Waals surface area contributed by atoms with Gasteiger partial charge in [-0.2, -0.15) is 0 Å². The van der Waals surface area contributed by atoms with Crippen LogP contribution in [0.3, 0.4) is 0 Å². The van der Waals surface area contributed by atoms with E-state index in [1.165, 1.54) is 75.8 Å². The van der Waals surface area contributed by atoms with Crippen molar-refractivity contribution in [2.75, 3.05) is 0 Å². The first-order chi connectivity index (χ1) is 24.3. The molecule has 1 aliphatic rings. The molecule has 0 saturated carbocycles. The predicted molar refractivity (Wildman–Crippen MR) is 207 cm³/mol. The van der Waals surface area contributed by atoms with Gasteiger partial charge in [-0.3, -0.25) is 4.99 Å². The minimum absolute atomic E-state index is 0.703. The van der Waals surface area contributed by atoms with Crippen molar-refractivity contribution in [2.24, 2.45) is 4.99 Å². The van der Waals surface area contributed by atoms with Crippen molar-refractivity contribution in [3.8, 4) is 11.1 Å². The molecule has 3 heteroatoms. The van der Waals surface area contributed by atoms with E-state index < -0.39 is 0 Å². The topological polar surface area (TPSA) is 38.1 Å². The van der Waals surface area contributed by atoms with Crippen LogP contribution in [0.2, 0.25) is 0 Å². The molecule has 0 amide bonds. The van der Waals surface area contributed by atoms with E-state index in [1.54, 1.807) is 0 Å². The van der Waals surface area contributed by atoms with E-state index in [1.807, 2.05) is 12.4 Å². The standard InChI is InChI=1S/C46H31N3/c1-3-13-37-29(8-1)18-20-33-24-41-31(22-43(33)37)10-5-15-39(41)35-12-7-17-45(47-26-35)46-48-27-36(28-49-46)40-16-6-11-32-23-44-34(25-42(32)40)21-19-30-9-2-4-14-38(30)44/h1-6,8-11,13-16,18-28H,7,12,17H2. The normalized spacial score (nSPS) is 13.7. The maximum atomic E-state index is 5.00. The van der Waals surface area contributed by atoms with Crippen molar-refractivity contribution in [2.45, 2.75) is 19.3 Å². The van der Waals surface area contributed by atoms with E-state index in [2.05, 4.69) is 140 Å². The molecule has 0 bridgehead atoms. The van der Waals surface area contributed by atoms with E-state index in [9.17, 15) is 0 Å². The fourth-order valence-electron chi connectivity index (χ4n) is 7.81. The number of aliphatic imine (C=N–C) groups is 1. The molecule has 2 heterocycles. The number of aromatic nitrogens is 2. The van der Waals surface area contributed by atoms with Crippen molar-refractivity contribution in [3.63, 3.8) is 0 Å². The van der Waals surface area contributed by atoms with Gasteiger partial charge in [-0.15, -0.1) is 0 Å². The van der Waals surface area contributed by atoms with Crippen LogP contribution in [0.15, 0.2) is 157 Å². The average molecular weight is 626 g/mol. The SMILES string of the molecule is C1=C(c2cccc3cc4c(ccc5ccccc54)cc23)CCCC(c2ncc(-c3cccc4cc5c(ccc6ccccc65)cc34)cn2)=N1. The Hall–Kier alpha value is -6.19. The Balaban J connectivity index is 0.996. The molecule has 1 aliphatic heterocycles. The molecule has 0 N–H and O–H groups in total.